The minimum atomic E-state index is -0.906. The number of hydrogen-bond donors (Lipinski definition) is 2. The van der Waals surface area contributed by atoms with Gasteiger partial charge >= 0.3 is 5.97 Å². The number of aliphatic carboxylic acids is 1. The lowest BCUT2D eigenvalue weighted by molar-refractivity contribution is -0.133. The van der Waals surface area contributed by atoms with Gasteiger partial charge in [0.2, 0.25) is 5.95 Å². The standard InChI is InChI=1S/C11H12N4O2S2/c1-18-8-4-2-3-7(5-8)15-10(12)13-14-11(15)19-6-9(16)17/h2-5H,6H2,1H3,(H2,12,13)(H,16,17). The van der Waals surface area contributed by atoms with E-state index in [9.17, 15) is 4.79 Å². The van der Waals surface area contributed by atoms with Crippen molar-refractivity contribution in [2.24, 2.45) is 0 Å². The molecule has 0 saturated heterocycles. The van der Waals surface area contributed by atoms with E-state index in [1.165, 1.54) is 0 Å². The zero-order valence-corrected chi connectivity index (χ0v) is 11.7. The zero-order valence-electron chi connectivity index (χ0n) is 10.1. The lowest BCUT2D eigenvalue weighted by Crippen LogP contribution is -2.04. The van der Waals surface area contributed by atoms with Gasteiger partial charge in [-0.15, -0.1) is 22.0 Å². The first-order valence-electron chi connectivity index (χ1n) is 5.31. The first-order valence-corrected chi connectivity index (χ1v) is 7.52. The number of nitrogens with two attached hydrogens (primary N) is 1. The predicted molar refractivity (Wildman–Crippen MR) is 75.9 cm³/mol. The number of hydrogen-bond acceptors (Lipinski definition) is 6. The zero-order chi connectivity index (χ0) is 13.8. The number of aromatic nitrogens is 3. The number of nitrogens with zero attached hydrogens (tertiary/aromatic N) is 3. The van der Waals surface area contributed by atoms with Crippen LogP contribution in [-0.4, -0.2) is 37.8 Å². The highest BCUT2D eigenvalue weighted by molar-refractivity contribution is 7.99. The largest absolute Gasteiger partial charge is 0.481 e. The average Bonchev–Trinajstić information content (AvgIpc) is 2.77. The Labute approximate surface area is 118 Å². The average molecular weight is 296 g/mol. The smallest absolute Gasteiger partial charge is 0.313 e. The van der Waals surface area contributed by atoms with Crippen LogP contribution < -0.4 is 5.73 Å². The van der Waals surface area contributed by atoms with Gasteiger partial charge in [-0.2, -0.15) is 0 Å². The van der Waals surface area contributed by atoms with E-state index in [4.69, 9.17) is 10.8 Å². The molecule has 0 aliphatic heterocycles. The van der Waals surface area contributed by atoms with Gasteiger partial charge in [-0.25, -0.2) is 0 Å². The van der Waals surface area contributed by atoms with Crippen LogP contribution >= 0.6 is 23.5 Å². The summed E-state index contributed by atoms with van der Waals surface area (Å²) in [5.41, 5.74) is 6.61. The lowest BCUT2D eigenvalue weighted by Gasteiger charge is -2.08. The van der Waals surface area contributed by atoms with Crippen LogP contribution in [0.1, 0.15) is 0 Å². The van der Waals surface area contributed by atoms with Gasteiger partial charge in [0.05, 0.1) is 11.4 Å². The number of benzene rings is 1. The Kier molecular flexibility index (Phi) is 4.33. The molecule has 0 unspecified atom stereocenters. The Balaban J connectivity index is 2.37. The van der Waals surface area contributed by atoms with E-state index in [-0.39, 0.29) is 11.7 Å². The summed E-state index contributed by atoms with van der Waals surface area (Å²) in [7, 11) is 0. The van der Waals surface area contributed by atoms with Gasteiger partial charge in [-0.05, 0) is 24.5 Å². The van der Waals surface area contributed by atoms with Crippen molar-refractivity contribution in [3.05, 3.63) is 24.3 Å². The molecule has 0 spiro atoms. The van der Waals surface area contributed by atoms with Crippen molar-refractivity contribution in [3.8, 4) is 5.69 Å². The molecule has 100 valence electrons. The van der Waals surface area contributed by atoms with E-state index in [0.717, 1.165) is 22.3 Å². The molecule has 2 rings (SSSR count). The number of carboxylic acid groups (broad SMARTS) is 1. The molecule has 0 atom stereocenters. The lowest BCUT2D eigenvalue weighted by atomic mass is 10.3. The highest BCUT2D eigenvalue weighted by Crippen LogP contribution is 2.25. The highest BCUT2D eigenvalue weighted by Gasteiger charge is 2.13. The summed E-state index contributed by atoms with van der Waals surface area (Å²) in [6.45, 7) is 0. The minimum Gasteiger partial charge on any atom is -0.481 e. The van der Waals surface area contributed by atoms with Crippen LogP contribution in [0.4, 0.5) is 5.95 Å². The van der Waals surface area contributed by atoms with Crippen molar-refractivity contribution < 1.29 is 9.90 Å². The van der Waals surface area contributed by atoms with E-state index >= 15 is 0 Å². The first-order chi connectivity index (χ1) is 9.11. The van der Waals surface area contributed by atoms with Crippen molar-refractivity contribution in [2.75, 3.05) is 17.7 Å². The number of thioether (sulfide) groups is 2. The third kappa shape index (κ3) is 3.21. The first kappa shape index (κ1) is 13.8. The maximum Gasteiger partial charge on any atom is 0.313 e. The molecule has 1 heterocycles. The van der Waals surface area contributed by atoms with Crippen molar-refractivity contribution in [1.29, 1.82) is 0 Å². The van der Waals surface area contributed by atoms with Gasteiger partial charge < -0.3 is 10.8 Å². The fraction of sp³-hybridized carbons (Fsp3) is 0.182. The van der Waals surface area contributed by atoms with Gasteiger partial charge in [0.1, 0.15) is 0 Å². The maximum atomic E-state index is 10.6. The van der Waals surface area contributed by atoms with Crippen molar-refractivity contribution in [2.45, 2.75) is 10.1 Å². The number of nitrogen functional groups attached to an aromatic ring is 1. The van der Waals surface area contributed by atoms with Crippen LogP contribution in [0.15, 0.2) is 34.3 Å². The van der Waals surface area contributed by atoms with Crippen molar-refractivity contribution in [3.63, 3.8) is 0 Å². The molecule has 1 aromatic heterocycles. The molecule has 2 aromatic rings. The van der Waals surface area contributed by atoms with Crippen LogP contribution in [-0.2, 0) is 4.79 Å². The Bertz CT molecular complexity index is 600. The van der Waals surface area contributed by atoms with E-state index in [2.05, 4.69) is 10.2 Å². The van der Waals surface area contributed by atoms with Crippen LogP contribution in [0.5, 0.6) is 0 Å². The van der Waals surface area contributed by atoms with Crippen LogP contribution in [0.2, 0.25) is 0 Å². The molecule has 0 amide bonds. The number of anilines is 1. The molecule has 19 heavy (non-hydrogen) atoms. The van der Waals surface area contributed by atoms with Crippen LogP contribution in [0.25, 0.3) is 5.69 Å². The molecular formula is C11H12N4O2S2. The molecule has 0 saturated carbocycles. The summed E-state index contributed by atoms with van der Waals surface area (Å²) in [5, 5.41) is 16.9. The molecule has 0 radical (unpaired) electrons. The van der Waals surface area contributed by atoms with E-state index in [1.54, 1.807) is 16.3 Å². The van der Waals surface area contributed by atoms with Gasteiger partial charge in [0, 0.05) is 4.90 Å². The number of carbonyl (C=O) groups is 1. The fourth-order valence-corrected chi connectivity index (χ4v) is 2.63. The van der Waals surface area contributed by atoms with E-state index < -0.39 is 5.97 Å². The SMILES string of the molecule is CSc1cccc(-n2c(N)nnc2SCC(=O)O)c1. The molecule has 6 nitrogen and oxygen atoms in total. The van der Waals surface area contributed by atoms with Gasteiger partial charge in [0.25, 0.3) is 0 Å². The van der Waals surface area contributed by atoms with E-state index in [1.807, 2.05) is 30.5 Å². The monoisotopic (exact) mass is 296 g/mol. The molecular weight excluding hydrogens is 284 g/mol. The maximum absolute atomic E-state index is 10.6. The minimum absolute atomic E-state index is 0.0830. The molecule has 0 fully saturated rings. The second kappa shape index (κ2) is 5.98. The topological polar surface area (TPSA) is 94.0 Å². The summed E-state index contributed by atoms with van der Waals surface area (Å²) in [6.07, 6.45) is 1.98. The third-order valence-electron chi connectivity index (χ3n) is 2.29. The molecule has 8 heteroatoms. The number of rotatable bonds is 5. The third-order valence-corrected chi connectivity index (χ3v) is 3.93. The van der Waals surface area contributed by atoms with Crippen molar-refractivity contribution >= 4 is 35.4 Å². The molecule has 3 N–H and O–H groups in total. The molecule has 0 aliphatic rings. The normalized spacial score (nSPS) is 10.6. The molecule has 0 aliphatic carbocycles. The Morgan fingerprint density at radius 1 is 1.47 bits per heavy atom. The molecule has 1 aromatic carbocycles. The summed E-state index contributed by atoms with van der Waals surface area (Å²) < 4.78 is 1.65. The molecule has 0 bridgehead atoms. The van der Waals surface area contributed by atoms with Gasteiger partial charge in [-0.3, -0.25) is 9.36 Å². The predicted octanol–water partition coefficient (Wildman–Crippen LogP) is 1.75. The second-order valence-electron chi connectivity index (χ2n) is 3.56. The summed E-state index contributed by atoms with van der Waals surface area (Å²) >= 11 is 2.70. The summed E-state index contributed by atoms with van der Waals surface area (Å²) in [6, 6.07) is 7.73. The van der Waals surface area contributed by atoms with Crippen LogP contribution in [0, 0.1) is 0 Å². The Hall–Kier alpha value is -1.67. The quantitative estimate of drug-likeness (QED) is 0.812. The number of carboxylic acids is 1. The second-order valence-corrected chi connectivity index (χ2v) is 5.38. The van der Waals surface area contributed by atoms with E-state index in [0.29, 0.717) is 5.16 Å². The van der Waals surface area contributed by atoms with Crippen LogP contribution in [0.3, 0.4) is 0 Å². The Morgan fingerprint density at radius 3 is 2.95 bits per heavy atom. The highest BCUT2D eigenvalue weighted by atomic mass is 32.2. The Morgan fingerprint density at radius 2 is 2.26 bits per heavy atom. The van der Waals surface area contributed by atoms with Crippen molar-refractivity contribution in [1.82, 2.24) is 14.8 Å². The van der Waals surface area contributed by atoms with Gasteiger partial charge in [-0.1, -0.05) is 17.8 Å². The summed E-state index contributed by atoms with van der Waals surface area (Å²) in [4.78, 5) is 11.7. The fourth-order valence-electron chi connectivity index (χ4n) is 1.49. The summed E-state index contributed by atoms with van der Waals surface area (Å²) in [5.74, 6) is -0.748. The van der Waals surface area contributed by atoms with Gasteiger partial charge in [0.15, 0.2) is 5.16 Å².